The predicted octanol–water partition coefficient (Wildman–Crippen LogP) is 5.48. The van der Waals surface area contributed by atoms with Gasteiger partial charge in [-0.2, -0.15) is 0 Å². The van der Waals surface area contributed by atoms with E-state index < -0.39 is 0 Å². The van der Waals surface area contributed by atoms with E-state index >= 15 is 0 Å². The molecule has 4 nitrogen and oxygen atoms in total. The Labute approximate surface area is 169 Å². The molecule has 29 heavy (non-hydrogen) atoms. The monoisotopic (exact) mass is 390 g/mol. The Hall–Kier alpha value is -3.34. The van der Waals surface area contributed by atoms with Crippen molar-refractivity contribution in [2.75, 3.05) is 7.05 Å². The van der Waals surface area contributed by atoms with Crippen LogP contribution in [0.3, 0.4) is 0 Å². The summed E-state index contributed by atoms with van der Waals surface area (Å²) < 4.78 is 20.9. The number of rotatable bonds is 7. The van der Waals surface area contributed by atoms with Gasteiger partial charge in [-0.05, 0) is 48.4 Å². The highest BCUT2D eigenvalue weighted by molar-refractivity contribution is 5.80. The first-order chi connectivity index (χ1) is 14.1. The first-order valence-corrected chi connectivity index (χ1v) is 9.72. The molecule has 2 aromatic heterocycles. The van der Waals surface area contributed by atoms with Crippen molar-refractivity contribution in [3.8, 4) is 11.3 Å². The van der Waals surface area contributed by atoms with Crippen LogP contribution in [0, 0.1) is 5.82 Å². The number of carbonyl (C=O) groups excluding carboxylic acids is 1. The van der Waals surface area contributed by atoms with Crippen LogP contribution in [0.1, 0.15) is 18.4 Å². The smallest absolute Gasteiger partial charge is 0.222 e. The Balaban J connectivity index is 1.36. The molecule has 5 heteroatoms. The maximum Gasteiger partial charge on any atom is 0.222 e. The molecule has 4 aromatic rings. The minimum atomic E-state index is -0.234. The number of aryl methyl sites for hydroxylation is 1. The third-order valence-corrected chi connectivity index (χ3v) is 5.16. The zero-order valence-electron chi connectivity index (χ0n) is 16.3. The lowest BCUT2D eigenvalue weighted by Crippen LogP contribution is -2.26. The summed E-state index contributed by atoms with van der Waals surface area (Å²) in [6.07, 6.45) is 4.78. The van der Waals surface area contributed by atoms with Gasteiger partial charge in [0.15, 0.2) is 0 Å². The average molecular weight is 390 g/mol. The van der Waals surface area contributed by atoms with Crippen molar-refractivity contribution >= 4 is 16.8 Å². The molecule has 0 aliphatic carbocycles. The van der Waals surface area contributed by atoms with Crippen molar-refractivity contribution in [2.24, 2.45) is 0 Å². The Bertz CT molecular complexity index is 1120. The lowest BCUT2D eigenvalue weighted by Gasteiger charge is -2.19. The second-order valence-corrected chi connectivity index (χ2v) is 7.20. The van der Waals surface area contributed by atoms with E-state index in [0.29, 0.717) is 13.0 Å². The van der Waals surface area contributed by atoms with Crippen LogP contribution in [0.2, 0.25) is 0 Å². The van der Waals surface area contributed by atoms with E-state index in [1.54, 1.807) is 17.2 Å². The van der Waals surface area contributed by atoms with Crippen LogP contribution in [0.15, 0.2) is 77.5 Å². The van der Waals surface area contributed by atoms with Crippen LogP contribution in [0.5, 0.6) is 0 Å². The summed E-state index contributed by atoms with van der Waals surface area (Å²) in [4.78, 5) is 14.4. The van der Waals surface area contributed by atoms with Gasteiger partial charge in [0.1, 0.15) is 11.6 Å². The largest absolute Gasteiger partial charge is 0.464 e. The van der Waals surface area contributed by atoms with Crippen molar-refractivity contribution in [2.45, 2.75) is 25.9 Å². The first kappa shape index (κ1) is 19.0. The Morgan fingerprint density at radius 2 is 1.97 bits per heavy atom. The van der Waals surface area contributed by atoms with Crippen molar-refractivity contribution in [1.82, 2.24) is 9.47 Å². The summed E-state index contributed by atoms with van der Waals surface area (Å²) in [7, 11) is 1.83. The quantitative estimate of drug-likeness (QED) is 0.419. The molecule has 2 aromatic carbocycles. The average Bonchev–Trinajstić information content (AvgIpc) is 3.38. The number of aromatic nitrogens is 1. The molecule has 0 fully saturated rings. The number of carbonyl (C=O) groups is 1. The molecule has 0 spiro atoms. The molecule has 0 atom stereocenters. The third-order valence-electron chi connectivity index (χ3n) is 5.16. The Morgan fingerprint density at radius 1 is 1.10 bits per heavy atom. The van der Waals surface area contributed by atoms with E-state index in [-0.39, 0.29) is 11.7 Å². The number of hydrogen-bond donors (Lipinski definition) is 0. The van der Waals surface area contributed by atoms with Gasteiger partial charge >= 0.3 is 0 Å². The Kier molecular flexibility index (Phi) is 5.47. The summed E-state index contributed by atoms with van der Waals surface area (Å²) in [6, 6.07) is 18.4. The third kappa shape index (κ3) is 4.24. The fourth-order valence-corrected chi connectivity index (χ4v) is 3.63. The number of hydrogen-bond acceptors (Lipinski definition) is 2. The molecule has 0 aliphatic rings. The summed E-state index contributed by atoms with van der Waals surface area (Å²) in [6.45, 7) is 1.25. The van der Waals surface area contributed by atoms with Gasteiger partial charge in [0, 0.05) is 49.2 Å². The number of nitrogens with zero attached hydrogens (tertiary/aromatic N) is 2. The van der Waals surface area contributed by atoms with Crippen LogP contribution in [0.4, 0.5) is 4.39 Å². The van der Waals surface area contributed by atoms with Crippen LogP contribution < -0.4 is 0 Å². The summed E-state index contributed by atoms with van der Waals surface area (Å²) >= 11 is 0. The molecule has 148 valence electrons. The van der Waals surface area contributed by atoms with E-state index in [2.05, 4.69) is 4.57 Å². The zero-order chi connectivity index (χ0) is 20.2. The van der Waals surface area contributed by atoms with Gasteiger partial charge < -0.3 is 13.9 Å². The summed E-state index contributed by atoms with van der Waals surface area (Å²) in [5.74, 6) is 0.668. The van der Waals surface area contributed by atoms with Crippen molar-refractivity contribution < 1.29 is 13.6 Å². The van der Waals surface area contributed by atoms with Gasteiger partial charge in [-0.1, -0.05) is 24.3 Å². The van der Waals surface area contributed by atoms with Crippen molar-refractivity contribution in [3.63, 3.8) is 0 Å². The zero-order valence-corrected chi connectivity index (χ0v) is 16.3. The van der Waals surface area contributed by atoms with Gasteiger partial charge in [-0.25, -0.2) is 4.39 Å². The minimum Gasteiger partial charge on any atom is -0.464 e. The molecule has 0 saturated heterocycles. The topological polar surface area (TPSA) is 38.4 Å². The van der Waals surface area contributed by atoms with Crippen LogP contribution in [-0.2, 0) is 17.9 Å². The van der Waals surface area contributed by atoms with E-state index in [1.807, 2.05) is 55.7 Å². The van der Waals surface area contributed by atoms with Crippen LogP contribution >= 0.6 is 0 Å². The SMILES string of the molecule is CN(Cc1ccccc1-c1ccco1)C(=O)CCCn1ccc2cc(F)ccc21. The number of halogens is 1. The van der Waals surface area contributed by atoms with E-state index in [9.17, 15) is 9.18 Å². The number of benzene rings is 2. The van der Waals surface area contributed by atoms with Gasteiger partial charge in [0.2, 0.25) is 5.91 Å². The second-order valence-electron chi connectivity index (χ2n) is 7.20. The predicted molar refractivity (Wildman–Crippen MR) is 112 cm³/mol. The number of amides is 1. The molecule has 0 N–H and O–H groups in total. The molecule has 0 aliphatic heterocycles. The molecule has 1 amide bonds. The van der Waals surface area contributed by atoms with E-state index in [0.717, 1.165) is 40.8 Å². The standard InChI is InChI=1S/C24H23FN2O2/c1-26(17-19-6-2-3-7-21(19)23-8-5-15-29-23)24(28)9-4-13-27-14-12-18-16-20(25)10-11-22(18)27/h2-3,5-8,10-12,14-16H,4,9,13,17H2,1H3. The molecule has 0 saturated carbocycles. The van der Waals surface area contributed by atoms with E-state index in [1.165, 1.54) is 12.1 Å². The van der Waals surface area contributed by atoms with Crippen molar-refractivity contribution in [3.05, 3.63) is 84.5 Å². The summed E-state index contributed by atoms with van der Waals surface area (Å²) in [5.41, 5.74) is 3.04. The molecule has 4 rings (SSSR count). The molecule has 0 bridgehead atoms. The lowest BCUT2D eigenvalue weighted by atomic mass is 10.0. The lowest BCUT2D eigenvalue weighted by molar-refractivity contribution is -0.130. The second kappa shape index (κ2) is 8.35. The van der Waals surface area contributed by atoms with Gasteiger partial charge in [-0.3, -0.25) is 4.79 Å². The molecule has 0 unspecified atom stereocenters. The minimum absolute atomic E-state index is 0.0988. The highest BCUT2D eigenvalue weighted by Crippen LogP contribution is 2.25. The molecule has 0 radical (unpaired) electrons. The fourth-order valence-electron chi connectivity index (χ4n) is 3.63. The summed E-state index contributed by atoms with van der Waals surface area (Å²) in [5, 5.41) is 0.878. The fraction of sp³-hybridized carbons (Fsp3) is 0.208. The van der Waals surface area contributed by atoms with Gasteiger partial charge in [0.05, 0.1) is 6.26 Å². The molecular formula is C24H23FN2O2. The van der Waals surface area contributed by atoms with Gasteiger partial charge in [-0.15, -0.1) is 0 Å². The molecule has 2 heterocycles. The Morgan fingerprint density at radius 3 is 2.79 bits per heavy atom. The van der Waals surface area contributed by atoms with Crippen molar-refractivity contribution in [1.29, 1.82) is 0 Å². The highest BCUT2D eigenvalue weighted by atomic mass is 19.1. The highest BCUT2D eigenvalue weighted by Gasteiger charge is 2.13. The number of fused-ring (bicyclic) bond motifs is 1. The molecular weight excluding hydrogens is 367 g/mol. The van der Waals surface area contributed by atoms with Gasteiger partial charge in [0.25, 0.3) is 0 Å². The maximum absolute atomic E-state index is 13.3. The van der Waals surface area contributed by atoms with E-state index in [4.69, 9.17) is 4.42 Å². The maximum atomic E-state index is 13.3. The van der Waals surface area contributed by atoms with Crippen LogP contribution in [-0.4, -0.2) is 22.4 Å². The first-order valence-electron chi connectivity index (χ1n) is 9.72. The number of furan rings is 1. The normalized spacial score (nSPS) is 11.1. The van der Waals surface area contributed by atoms with Crippen LogP contribution in [0.25, 0.3) is 22.2 Å².